The van der Waals surface area contributed by atoms with Gasteiger partial charge >= 0.3 is 7.82 Å². The molecule has 3 unspecified atom stereocenters. The minimum absolute atomic E-state index is 0.119. The second-order valence-corrected chi connectivity index (χ2v) is 17.9. The first-order valence-corrected chi connectivity index (χ1v) is 21.9. The van der Waals surface area contributed by atoms with E-state index in [1.54, 1.807) is 5.57 Å². The molecule has 5 heteroatoms. The number of hydrogen-bond donors (Lipinski definition) is 1. The van der Waals surface area contributed by atoms with Crippen molar-refractivity contribution >= 4 is 29.4 Å². The van der Waals surface area contributed by atoms with Gasteiger partial charge in [-0.3, -0.25) is 4.89 Å². The van der Waals surface area contributed by atoms with Crippen LogP contribution in [0.15, 0.2) is 89.5 Å². The van der Waals surface area contributed by atoms with Crippen molar-refractivity contribution in [2.24, 2.45) is 5.92 Å². The van der Waals surface area contributed by atoms with E-state index in [0.717, 1.165) is 108 Å². The second-order valence-electron chi connectivity index (χ2n) is 16.6. The van der Waals surface area contributed by atoms with Crippen LogP contribution in [0.5, 0.6) is 11.5 Å². The molecule has 1 fully saturated rings. The Bertz CT molecular complexity index is 2450. The summed E-state index contributed by atoms with van der Waals surface area (Å²) in [6, 6.07) is 24.2. The maximum absolute atomic E-state index is 14.7. The molecule has 0 spiro atoms. The van der Waals surface area contributed by atoms with Crippen LogP contribution in [0.4, 0.5) is 0 Å². The molecule has 4 nitrogen and oxygen atoms in total. The third kappa shape index (κ3) is 5.15. The highest BCUT2D eigenvalue weighted by Crippen LogP contribution is 2.64. The maximum atomic E-state index is 14.7. The summed E-state index contributed by atoms with van der Waals surface area (Å²) < 4.78 is 27.9. The molecule has 6 aliphatic rings. The zero-order valence-electron chi connectivity index (χ0n) is 30.5. The number of phosphoric acid groups is 1. The van der Waals surface area contributed by atoms with Crippen LogP contribution in [0.2, 0.25) is 0 Å². The predicted molar refractivity (Wildman–Crippen MR) is 215 cm³/mol. The Balaban J connectivity index is 1.27. The Morgan fingerprint density at radius 2 is 1.21 bits per heavy atom. The summed E-state index contributed by atoms with van der Waals surface area (Å²) in [4.78, 5) is 12.0. The van der Waals surface area contributed by atoms with Crippen LogP contribution >= 0.6 is 7.82 Å². The molecule has 5 aliphatic carbocycles. The Morgan fingerprint density at radius 3 is 1.96 bits per heavy atom. The van der Waals surface area contributed by atoms with Crippen LogP contribution in [-0.4, -0.2) is 4.89 Å². The highest BCUT2D eigenvalue weighted by atomic mass is 31.2. The molecule has 0 radical (unpaired) electrons. The molecule has 1 aliphatic heterocycles. The fourth-order valence-corrected chi connectivity index (χ4v) is 12.4. The van der Waals surface area contributed by atoms with Gasteiger partial charge in [0.05, 0.1) is 0 Å². The number of phosphoric ester groups is 1. The van der Waals surface area contributed by atoms with E-state index in [9.17, 15) is 9.46 Å². The fourth-order valence-electron chi connectivity index (χ4n) is 11.5. The summed E-state index contributed by atoms with van der Waals surface area (Å²) >= 11 is 0. The van der Waals surface area contributed by atoms with E-state index >= 15 is 0 Å². The van der Waals surface area contributed by atoms with Crippen molar-refractivity contribution in [3.05, 3.63) is 117 Å². The molecule has 0 amide bonds. The van der Waals surface area contributed by atoms with Crippen LogP contribution in [-0.2, 0) is 30.2 Å². The highest BCUT2D eigenvalue weighted by Gasteiger charge is 2.43. The Hall–Kier alpha value is -4.11. The van der Waals surface area contributed by atoms with Gasteiger partial charge in [0.2, 0.25) is 0 Å². The van der Waals surface area contributed by atoms with Crippen LogP contribution in [0.3, 0.4) is 0 Å². The molecule has 0 saturated heterocycles. The molecule has 5 aromatic carbocycles. The lowest BCUT2D eigenvalue weighted by atomic mass is 9.63. The van der Waals surface area contributed by atoms with E-state index in [4.69, 9.17) is 9.05 Å². The summed E-state index contributed by atoms with van der Waals surface area (Å²) in [6.45, 7) is 0. The molecule has 5 aromatic rings. The minimum Gasteiger partial charge on any atom is -0.394 e. The molecular weight excluding hydrogens is 671 g/mol. The van der Waals surface area contributed by atoms with Crippen molar-refractivity contribution in [2.45, 2.75) is 109 Å². The topological polar surface area (TPSA) is 55.8 Å². The lowest BCUT2D eigenvalue weighted by molar-refractivity contribution is 0.292. The summed E-state index contributed by atoms with van der Waals surface area (Å²) in [6.07, 6.45) is 20.8. The second kappa shape index (κ2) is 12.5. The van der Waals surface area contributed by atoms with Crippen molar-refractivity contribution in [2.75, 3.05) is 0 Å². The highest BCUT2D eigenvalue weighted by molar-refractivity contribution is 7.48. The summed E-state index contributed by atoms with van der Waals surface area (Å²) in [7, 11) is -4.64. The molecule has 0 aromatic heterocycles. The van der Waals surface area contributed by atoms with Crippen LogP contribution in [0.25, 0.3) is 43.8 Å². The van der Waals surface area contributed by atoms with E-state index in [1.807, 2.05) is 0 Å². The summed E-state index contributed by atoms with van der Waals surface area (Å²) in [5, 5.41) is 4.31. The first-order chi connectivity index (χ1) is 26.0. The Labute approximate surface area is 312 Å². The van der Waals surface area contributed by atoms with E-state index in [0.29, 0.717) is 17.4 Å². The molecule has 11 rings (SSSR count). The largest absolute Gasteiger partial charge is 0.584 e. The van der Waals surface area contributed by atoms with Crippen molar-refractivity contribution in [1.82, 2.24) is 0 Å². The molecule has 1 heterocycles. The van der Waals surface area contributed by atoms with Crippen molar-refractivity contribution in [3.63, 3.8) is 0 Å². The standard InChI is InChI=1S/C48H47O4P/c49-53(50)51-47-41(43-35-19-7-1-13-29(35)25-30-14-2-8-20-36(30)43)27-33-17-5-11-23-39(33)45(47)46-40-24-12-6-18-34(40)28-42(48(46)52-53)44-37-21-9-3-15-31(37)26-32-16-4-10-22-38(32)44/h5-6,11-12,17-18,23-28,35,43H,1-4,7-10,13-16,19-22H2,(H,49,50). The predicted octanol–water partition coefficient (Wildman–Crippen LogP) is 13.0. The lowest BCUT2D eigenvalue weighted by Crippen LogP contribution is -2.26. The fraction of sp³-hybridized carbons (Fsp3) is 0.375. The summed E-state index contributed by atoms with van der Waals surface area (Å²) in [5.41, 5.74) is 15.3. The van der Waals surface area contributed by atoms with E-state index in [2.05, 4.69) is 72.8 Å². The first kappa shape index (κ1) is 32.3. The average Bonchev–Trinajstić information content (AvgIpc) is 3.32. The average molecular weight is 719 g/mol. The number of hydrogen-bond acceptors (Lipinski definition) is 3. The van der Waals surface area contributed by atoms with Crippen molar-refractivity contribution < 1.29 is 18.5 Å². The molecular formula is C48H47O4P. The SMILES string of the molecule is O=P1(O)Oc2c(-c3c4c(cc5c3CCCC5)CCCC4)cc3ccccc3c2-c2c(c(C3C4=C(C=C5CCCCC53)CCCC4)cc3ccccc23)O1. The number of aryl methyl sites for hydroxylation is 2. The molecule has 1 saturated carbocycles. The third-order valence-corrected chi connectivity index (χ3v) is 14.5. The van der Waals surface area contributed by atoms with E-state index < -0.39 is 7.82 Å². The molecule has 0 bridgehead atoms. The van der Waals surface area contributed by atoms with Crippen molar-refractivity contribution in [1.29, 1.82) is 0 Å². The number of fused-ring (bicyclic) bond motifs is 10. The molecule has 268 valence electrons. The lowest BCUT2D eigenvalue weighted by Gasteiger charge is -2.41. The van der Waals surface area contributed by atoms with Gasteiger partial charge in [-0.25, -0.2) is 4.57 Å². The Kier molecular flexibility index (Phi) is 7.61. The van der Waals surface area contributed by atoms with Gasteiger partial charge in [-0.05, 0) is 169 Å². The van der Waals surface area contributed by atoms with E-state index in [-0.39, 0.29) is 5.92 Å². The number of rotatable bonds is 2. The smallest absolute Gasteiger partial charge is 0.394 e. The number of allylic oxidation sites excluding steroid dienone is 4. The van der Waals surface area contributed by atoms with Crippen molar-refractivity contribution in [3.8, 4) is 33.8 Å². The van der Waals surface area contributed by atoms with Gasteiger partial charge in [0.1, 0.15) is 11.5 Å². The summed E-state index contributed by atoms with van der Waals surface area (Å²) in [5.74, 6) is 1.54. The molecule has 1 N–H and O–H groups in total. The zero-order valence-corrected chi connectivity index (χ0v) is 31.4. The molecule has 53 heavy (non-hydrogen) atoms. The normalized spacial score (nSPS) is 24.7. The van der Waals surface area contributed by atoms with Gasteiger partial charge in [0, 0.05) is 28.2 Å². The Morgan fingerprint density at radius 1 is 0.604 bits per heavy atom. The van der Waals surface area contributed by atoms with Crippen LogP contribution < -0.4 is 9.05 Å². The third-order valence-electron chi connectivity index (χ3n) is 13.7. The maximum Gasteiger partial charge on any atom is 0.584 e. The zero-order chi connectivity index (χ0) is 35.3. The van der Waals surface area contributed by atoms with E-state index in [1.165, 1.54) is 77.5 Å². The number of benzene rings is 5. The van der Waals surface area contributed by atoms with Gasteiger partial charge < -0.3 is 9.05 Å². The van der Waals surface area contributed by atoms with Gasteiger partial charge in [-0.2, -0.15) is 0 Å². The van der Waals surface area contributed by atoms with Gasteiger partial charge in [-0.15, -0.1) is 0 Å². The van der Waals surface area contributed by atoms with Gasteiger partial charge in [0.25, 0.3) is 0 Å². The molecule has 3 atom stereocenters. The first-order valence-electron chi connectivity index (χ1n) is 20.5. The monoisotopic (exact) mass is 718 g/mol. The van der Waals surface area contributed by atoms with Gasteiger partial charge in [0.15, 0.2) is 0 Å². The quantitative estimate of drug-likeness (QED) is 0.185. The van der Waals surface area contributed by atoms with Crippen LogP contribution in [0, 0.1) is 5.92 Å². The minimum atomic E-state index is -4.64. The van der Waals surface area contributed by atoms with Gasteiger partial charge in [-0.1, -0.05) is 78.2 Å². The van der Waals surface area contributed by atoms with Crippen LogP contribution in [0.1, 0.15) is 111 Å².